The lowest BCUT2D eigenvalue weighted by Crippen LogP contribution is -2.37. The fourth-order valence-electron chi connectivity index (χ4n) is 2.37. The molecule has 19 heavy (non-hydrogen) atoms. The van der Waals surface area contributed by atoms with Crippen LogP contribution in [-0.4, -0.2) is 36.3 Å². The van der Waals surface area contributed by atoms with Gasteiger partial charge in [-0.1, -0.05) is 30.3 Å². The average Bonchev–Trinajstić information content (AvgIpc) is 2.62. The minimum absolute atomic E-state index is 0.00727. The van der Waals surface area contributed by atoms with Crippen LogP contribution in [0.25, 0.3) is 0 Å². The maximum absolute atomic E-state index is 12.1. The van der Waals surface area contributed by atoms with Crippen molar-refractivity contribution in [2.24, 2.45) is 5.73 Å². The molecule has 102 valence electrons. The molecule has 2 amide bonds. The molecule has 1 unspecified atom stereocenters. The van der Waals surface area contributed by atoms with Crippen LogP contribution in [0.5, 0.6) is 0 Å². The number of nitrogens with one attached hydrogen (secondary N) is 1. The predicted octanol–water partition coefficient (Wildman–Crippen LogP) is 0.425. The van der Waals surface area contributed by atoms with E-state index in [1.54, 1.807) is 4.90 Å². The van der Waals surface area contributed by atoms with Gasteiger partial charge in [-0.05, 0) is 5.56 Å². The molecule has 0 radical (unpaired) electrons. The second-order valence-electron chi connectivity index (χ2n) is 4.61. The third-order valence-corrected chi connectivity index (χ3v) is 3.29. The Morgan fingerprint density at radius 1 is 1.37 bits per heavy atom. The Kier molecular flexibility index (Phi) is 4.52. The van der Waals surface area contributed by atoms with Crippen molar-refractivity contribution in [3.8, 4) is 0 Å². The standard InChI is InChI=1S/C14H19N3O2/c15-7-6-14(19)17-9-8-16-13(18)10-12(17)11-4-2-1-3-5-11/h1-5,12H,6-10,15H2,(H,16,18). The normalized spacial score (nSPS) is 19.7. The van der Waals surface area contributed by atoms with Crippen molar-refractivity contribution in [1.29, 1.82) is 0 Å². The highest BCUT2D eigenvalue weighted by Crippen LogP contribution is 2.26. The Bertz CT molecular complexity index is 447. The fourth-order valence-corrected chi connectivity index (χ4v) is 2.37. The van der Waals surface area contributed by atoms with Crippen LogP contribution in [0.3, 0.4) is 0 Å². The minimum atomic E-state index is -0.192. The zero-order valence-corrected chi connectivity index (χ0v) is 10.8. The van der Waals surface area contributed by atoms with Crippen LogP contribution in [0.15, 0.2) is 30.3 Å². The summed E-state index contributed by atoms with van der Waals surface area (Å²) < 4.78 is 0. The molecule has 2 rings (SSSR count). The van der Waals surface area contributed by atoms with Crippen LogP contribution < -0.4 is 11.1 Å². The maximum atomic E-state index is 12.1. The smallest absolute Gasteiger partial charge is 0.224 e. The maximum Gasteiger partial charge on any atom is 0.224 e. The van der Waals surface area contributed by atoms with E-state index in [4.69, 9.17) is 5.73 Å². The van der Waals surface area contributed by atoms with Crippen molar-refractivity contribution < 1.29 is 9.59 Å². The van der Waals surface area contributed by atoms with E-state index < -0.39 is 0 Å². The Morgan fingerprint density at radius 2 is 2.11 bits per heavy atom. The molecular formula is C14H19N3O2. The number of hydrogen-bond acceptors (Lipinski definition) is 3. The number of benzene rings is 1. The van der Waals surface area contributed by atoms with Gasteiger partial charge in [-0.2, -0.15) is 0 Å². The summed E-state index contributed by atoms with van der Waals surface area (Å²) in [6.07, 6.45) is 0.623. The molecule has 1 aliphatic heterocycles. The molecule has 1 atom stereocenters. The van der Waals surface area contributed by atoms with Gasteiger partial charge in [0.05, 0.1) is 12.5 Å². The predicted molar refractivity (Wildman–Crippen MR) is 72.2 cm³/mol. The molecule has 5 heteroatoms. The van der Waals surface area contributed by atoms with Crippen LogP contribution in [0, 0.1) is 0 Å². The minimum Gasteiger partial charge on any atom is -0.354 e. The molecule has 3 N–H and O–H groups in total. The zero-order valence-electron chi connectivity index (χ0n) is 10.8. The lowest BCUT2D eigenvalue weighted by molar-refractivity contribution is -0.133. The lowest BCUT2D eigenvalue weighted by atomic mass is 10.0. The van der Waals surface area contributed by atoms with Crippen LogP contribution in [-0.2, 0) is 9.59 Å². The number of carbonyl (C=O) groups excluding carboxylic acids is 2. The summed E-state index contributed by atoms with van der Waals surface area (Å²) in [6.45, 7) is 1.36. The summed E-state index contributed by atoms with van der Waals surface area (Å²) in [5.41, 5.74) is 6.45. The van der Waals surface area contributed by atoms with Crippen molar-refractivity contribution in [1.82, 2.24) is 10.2 Å². The summed E-state index contributed by atoms with van der Waals surface area (Å²) >= 11 is 0. The fraction of sp³-hybridized carbons (Fsp3) is 0.429. The first-order chi connectivity index (χ1) is 9.22. The molecule has 1 saturated heterocycles. The van der Waals surface area contributed by atoms with Crippen molar-refractivity contribution in [3.05, 3.63) is 35.9 Å². The molecule has 0 aliphatic carbocycles. The van der Waals surface area contributed by atoms with E-state index in [0.717, 1.165) is 5.56 Å². The molecule has 1 aliphatic rings. The highest BCUT2D eigenvalue weighted by Gasteiger charge is 2.28. The summed E-state index contributed by atoms with van der Waals surface area (Å²) in [5.74, 6) is -0.00949. The van der Waals surface area contributed by atoms with Crippen molar-refractivity contribution >= 4 is 11.8 Å². The average molecular weight is 261 g/mol. The second-order valence-corrected chi connectivity index (χ2v) is 4.61. The molecule has 0 aromatic heterocycles. The Balaban J connectivity index is 2.26. The number of nitrogens with zero attached hydrogens (tertiary/aromatic N) is 1. The van der Waals surface area contributed by atoms with E-state index in [1.807, 2.05) is 30.3 Å². The van der Waals surface area contributed by atoms with Crippen molar-refractivity contribution in [3.63, 3.8) is 0 Å². The van der Waals surface area contributed by atoms with Crippen LogP contribution in [0.2, 0.25) is 0 Å². The third-order valence-electron chi connectivity index (χ3n) is 3.29. The summed E-state index contributed by atoms with van der Waals surface area (Å²) in [7, 11) is 0. The Morgan fingerprint density at radius 3 is 2.79 bits per heavy atom. The van der Waals surface area contributed by atoms with Crippen LogP contribution in [0.1, 0.15) is 24.4 Å². The molecule has 1 fully saturated rings. The van der Waals surface area contributed by atoms with Crippen molar-refractivity contribution in [2.75, 3.05) is 19.6 Å². The topological polar surface area (TPSA) is 75.4 Å². The van der Waals surface area contributed by atoms with Gasteiger partial charge in [0.1, 0.15) is 0 Å². The Labute approximate surface area is 112 Å². The number of hydrogen-bond donors (Lipinski definition) is 2. The van der Waals surface area contributed by atoms with Gasteiger partial charge < -0.3 is 16.0 Å². The number of rotatable bonds is 3. The summed E-state index contributed by atoms with van der Waals surface area (Å²) in [6, 6.07) is 9.47. The highest BCUT2D eigenvalue weighted by molar-refractivity contribution is 5.81. The third kappa shape index (κ3) is 3.32. The van der Waals surface area contributed by atoms with Crippen molar-refractivity contribution in [2.45, 2.75) is 18.9 Å². The van der Waals surface area contributed by atoms with Gasteiger partial charge in [0.2, 0.25) is 11.8 Å². The van der Waals surface area contributed by atoms with Gasteiger partial charge >= 0.3 is 0 Å². The van der Waals surface area contributed by atoms with Gasteiger partial charge in [-0.15, -0.1) is 0 Å². The molecule has 0 spiro atoms. The molecule has 1 aromatic rings. The largest absolute Gasteiger partial charge is 0.354 e. The lowest BCUT2D eigenvalue weighted by Gasteiger charge is -2.29. The number of carbonyl (C=O) groups is 2. The molecule has 1 aromatic carbocycles. The van der Waals surface area contributed by atoms with E-state index in [9.17, 15) is 9.59 Å². The second kappa shape index (κ2) is 6.33. The summed E-state index contributed by atoms with van der Waals surface area (Å²) in [4.78, 5) is 25.6. The quantitative estimate of drug-likeness (QED) is 0.828. The first kappa shape index (κ1) is 13.5. The van der Waals surface area contributed by atoms with Gasteiger partial charge in [0.25, 0.3) is 0 Å². The van der Waals surface area contributed by atoms with E-state index in [1.165, 1.54) is 0 Å². The first-order valence-electron chi connectivity index (χ1n) is 6.53. The van der Waals surface area contributed by atoms with Gasteiger partial charge in [-0.25, -0.2) is 0 Å². The molecule has 0 bridgehead atoms. The monoisotopic (exact) mass is 261 g/mol. The van der Waals surface area contributed by atoms with E-state index in [2.05, 4.69) is 5.32 Å². The number of amides is 2. The number of nitrogens with two attached hydrogens (primary N) is 1. The van der Waals surface area contributed by atoms with E-state index in [0.29, 0.717) is 32.5 Å². The zero-order chi connectivity index (χ0) is 13.7. The Hall–Kier alpha value is -1.88. The molecule has 0 saturated carbocycles. The van der Waals surface area contributed by atoms with Gasteiger partial charge in [0.15, 0.2) is 0 Å². The molecule has 1 heterocycles. The molecule has 5 nitrogen and oxygen atoms in total. The van der Waals surface area contributed by atoms with Crippen LogP contribution >= 0.6 is 0 Å². The van der Waals surface area contributed by atoms with E-state index >= 15 is 0 Å². The molecular weight excluding hydrogens is 242 g/mol. The SMILES string of the molecule is NCCC(=O)N1CCNC(=O)CC1c1ccccc1. The van der Waals surface area contributed by atoms with Crippen LogP contribution in [0.4, 0.5) is 0 Å². The first-order valence-corrected chi connectivity index (χ1v) is 6.53. The van der Waals surface area contributed by atoms with Gasteiger partial charge in [-0.3, -0.25) is 9.59 Å². The highest BCUT2D eigenvalue weighted by atomic mass is 16.2. The van der Waals surface area contributed by atoms with E-state index in [-0.39, 0.29) is 17.9 Å². The van der Waals surface area contributed by atoms with Gasteiger partial charge in [0, 0.05) is 26.1 Å². The summed E-state index contributed by atoms with van der Waals surface area (Å²) in [5, 5.41) is 2.81.